The molecule has 3 aliphatic rings. The molecule has 0 spiro atoms. The number of hydrogen-bond acceptors (Lipinski definition) is 9. The van der Waals surface area contributed by atoms with Crippen molar-refractivity contribution in [1.29, 1.82) is 0 Å². The lowest BCUT2D eigenvalue weighted by molar-refractivity contribution is -0.142. The predicted octanol–water partition coefficient (Wildman–Crippen LogP) is -2.16. The number of ether oxygens (including phenoxy) is 1. The molecule has 1 aromatic rings. The monoisotopic (exact) mass is 395 g/mol. The molecule has 1 aromatic carbocycles. The Kier molecular flexibility index (Phi) is 4.98. The van der Waals surface area contributed by atoms with Crippen molar-refractivity contribution in [3.8, 4) is 11.5 Å². The van der Waals surface area contributed by atoms with E-state index in [1.165, 1.54) is 0 Å². The van der Waals surface area contributed by atoms with Crippen molar-refractivity contribution < 1.29 is 39.6 Å². The Morgan fingerprint density at radius 2 is 2.07 bits per heavy atom. The molecule has 6 N–H and O–H groups in total. The Bertz CT molecular complexity index is 768. The van der Waals surface area contributed by atoms with Crippen LogP contribution < -0.4 is 14.7 Å². The highest BCUT2D eigenvalue weighted by atomic mass is 16.6. The molecule has 2 saturated heterocycles. The highest BCUT2D eigenvalue weighted by molar-refractivity contribution is 6.58. The van der Waals surface area contributed by atoms with E-state index >= 15 is 0 Å². The maximum Gasteiger partial charge on any atom is 0.430 e. The zero-order chi connectivity index (χ0) is 20.1. The number of fused-ring (bicyclic) bond motifs is 1. The topological polar surface area (TPSA) is 152 Å². The average Bonchev–Trinajstić information content (AvgIpc) is 3.02. The SMILES string of the molecule is O=C([C@@H]1C[C@H](O)CN1)N1CC(Oc2ccc3c(c2C(O)O)O[B-](O)(O)CC3)C1. The van der Waals surface area contributed by atoms with Gasteiger partial charge in [-0.3, -0.25) is 4.79 Å². The van der Waals surface area contributed by atoms with Crippen molar-refractivity contribution in [3.05, 3.63) is 23.3 Å². The minimum atomic E-state index is -3.06. The second-order valence-corrected chi connectivity index (χ2v) is 7.69. The van der Waals surface area contributed by atoms with Gasteiger partial charge in [0.05, 0.1) is 36.5 Å². The summed E-state index contributed by atoms with van der Waals surface area (Å²) in [6, 6.07) is 2.88. The maximum atomic E-state index is 12.4. The average molecular weight is 395 g/mol. The van der Waals surface area contributed by atoms with Crippen LogP contribution in [0.3, 0.4) is 0 Å². The van der Waals surface area contributed by atoms with Crippen LogP contribution in [0.25, 0.3) is 0 Å². The first-order chi connectivity index (χ1) is 13.2. The first kappa shape index (κ1) is 19.4. The molecule has 1 amide bonds. The van der Waals surface area contributed by atoms with Crippen molar-refractivity contribution in [2.75, 3.05) is 19.6 Å². The summed E-state index contributed by atoms with van der Waals surface area (Å²) in [5, 5.41) is 51.7. The molecule has 0 aliphatic carbocycles. The van der Waals surface area contributed by atoms with Gasteiger partial charge in [0.25, 0.3) is 0 Å². The van der Waals surface area contributed by atoms with Crippen molar-refractivity contribution in [3.63, 3.8) is 0 Å². The van der Waals surface area contributed by atoms with Gasteiger partial charge in [0, 0.05) is 6.54 Å². The summed E-state index contributed by atoms with van der Waals surface area (Å²) in [6.45, 7) is -1.99. The number of amides is 1. The summed E-state index contributed by atoms with van der Waals surface area (Å²) in [5.41, 5.74) is 0.573. The van der Waals surface area contributed by atoms with Crippen LogP contribution in [0, 0.1) is 0 Å². The molecule has 10 nitrogen and oxygen atoms in total. The standard InChI is InChI=1S/C17H24BN2O8/c21-10-5-12(19-6-10)16(22)20-7-11(8-20)27-13-2-1-9-3-4-18(25,26)28-15(9)14(13)17(23)24/h1-2,10-12,17,19,21,23-26H,3-8H2/q-1/t10-,12-/m0/s1. The number of aliphatic hydroxyl groups is 3. The number of hydrogen-bond donors (Lipinski definition) is 6. The number of β-amino-alcohol motifs (C(OH)–C–C–N with tert-alkyl or cyclic N) is 1. The Hall–Kier alpha value is -1.89. The van der Waals surface area contributed by atoms with Crippen LogP contribution >= 0.6 is 0 Å². The molecule has 0 unspecified atom stereocenters. The normalized spacial score (nSPS) is 26.6. The molecule has 0 bridgehead atoms. The van der Waals surface area contributed by atoms with E-state index in [2.05, 4.69) is 5.32 Å². The van der Waals surface area contributed by atoms with Crippen LogP contribution in [0.4, 0.5) is 0 Å². The van der Waals surface area contributed by atoms with Gasteiger partial charge in [-0.2, -0.15) is 0 Å². The van der Waals surface area contributed by atoms with Gasteiger partial charge in [-0.1, -0.05) is 12.4 Å². The molecule has 0 aromatic heterocycles. The van der Waals surface area contributed by atoms with E-state index < -0.39 is 25.2 Å². The van der Waals surface area contributed by atoms with Crippen molar-refractivity contribution >= 4 is 12.7 Å². The molecule has 3 heterocycles. The summed E-state index contributed by atoms with van der Waals surface area (Å²) in [4.78, 5) is 14.0. The van der Waals surface area contributed by atoms with Crippen molar-refractivity contribution in [1.82, 2.24) is 10.2 Å². The molecule has 3 aliphatic heterocycles. The van der Waals surface area contributed by atoms with Gasteiger partial charge < -0.3 is 45.0 Å². The summed E-state index contributed by atoms with van der Waals surface area (Å²) in [6.07, 6.45) is -2.04. The van der Waals surface area contributed by atoms with E-state index in [-0.39, 0.29) is 35.4 Å². The number of benzene rings is 1. The fourth-order valence-corrected chi connectivity index (χ4v) is 3.90. The maximum absolute atomic E-state index is 12.4. The van der Waals surface area contributed by atoms with E-state index in [4.69, 9.17) is 9.39 Å². The van der Waals surface area contributed by atoms with Crippen LogP contribution in [-0.4, -0.2) is 80.8 Å². The number of carbonyl (C=O) groups excluding carboxylic acids is 1. The minimum Gasteiger partial charge on any atom is -0.670 e. The van der Waals surface area contributed by atoms with Gasteiger partial charge in [0.2, 0.25) is 5.91 Å². The fourth-order valence-electron chi connectivity index (χ4n) is 3.90. The number of nitrogens with one attached hydrogen (secondary N) is 1. The molecular weight excluding hydrogens is 371 g/mol. The number of carbonyl (C=O) groups is 1. The van der Waals surface area contributed by atoms with Gasteiger partial charge in [0.15, 0.2) is 6.29 Å². The first-order valence-electron chi connectivity index (χ1n) is 9.41. The van der Waals surface area contributed by atoms with E-state index in [9.17, 15) is 30.2 Å². The van der Waals surface area contributed by atoms with Gasteiger partial charge >= 0.3 is 6.75 Å². The van der Waals surface area contributed by atoms with Crippen molar-refractivity contribution in [2.45, 2.75) is 43.7 Å². The molecule has 2 fully saturated rings. The summed E-state index contributed by atoms with van der Waals surface area (Å²) in [5.74, 6) is 0.0783. The number of rotatable bonds is 4. The zero-order valence-corrected chi connectivity index (χ0v) is 15.2. The minimum absolute atomic E-state index is 0.0140. The Labute approximate surface area is 161 Å². The highest BCUT2D eigenvalue weighted by Crippen LogP contribution is 2.41. The third kappa shape index (κ3) is 3.69. The van der Waals surface area contributed by atoms with Gasteiger partial charge in [-0.25, -0.2) is 0 Å². The smallest absolute Gasteiger partial charge is 0.430 e. The molecular formula is C17H24BN2O8-. The number of aryl methyl sites for hydroxylation is 1. The van der Waals surface area contributed by atoms with E-state index in [1.807, 2.05) is 0 Å². The lowest BCUT2D eigenvalue weighted by atomic mass is 9.70. The third-order valence-electron chi connectivity index (χ3n) is 5.45. The second kappa shape index (κ2) is 7.18. The quantitative estimate of drug-likeness (QED) is 0.247. The van der Waals surface area contributed by atoms with E-state index in [1.54, 1.807) is 17.0 Å². The predicted molar refractivity (Wildman–Crippen MR) is 96.4 cm³/mol. The van der Waals surface area contributed by atoms with Gasteiger partial charge in [0.1, 0.15) is 11.9 Å². The number of likely N-dealkylation sites (tertiary alicyclic amines) is 1. The summed E-state index contributed by atoms with van der Waals surface area (Å²) < 4.78 is 11.0. The Balaban J connectivity index is 1.44. The molecule has 4 rings (SSSR count). The number of nitrogens with zero attached hydrogens (tertiary/aromatic N) is 1. The Morgan fingerprint density at radius 1 is 1.32 bits per heavy atom. The molecule has 154 valence electrons. The van der Waals surface area contributed by atoms with Gasteiger partial charge in [-0.15, -0.1) is 0 Å². The molecule has 28 heavy (non-hydrogen) atoms. The largest absolute Gasteiger partial charge is 0.670 e. The van der Waals surface area contributed by atoms with Crippen molar-refractivity contribution in [2.24, 2.45) is 0 Å². The zero-order valence-electron chi connectivity index (χ0n) is 15.2. The molecule has 2 atom stereocenters. The van der Waals surface area contributed by atoms with Crippen LogP contribution in [0.1, 0.15) is 23.8 Å². The number of aliphatic hydroxyl groups excluding tert-OH is 2. The first-order valence-corrected chi connectivity index (χ1v) is 9.41. The lowest BCUT2D eigenvalue weighted by Gasteiger charge is -2.41. The Morgan fingerprint density at radius 3 is 2.71 bits per heavy atom. The molecule has 0 radical (unpaired) electrons. The van der Waals surface area contributed by atoms with Crippen LogP contribution in [0.2, 0.25) is 6.32 Å². The highest BCUT2D eigenvalue weighted by Gasteiger charge is 2.39. The van der Waals surface area contributed by atoms with Crippen LogP contribution in [-0.2, 0) is 11.2 Å². The molecule has 0 saturated carbocycles. The molecule has 11 heteroatoms. The third-order valence-corrected chi connectivity index (χ3v) is 5.45. The van der Waals surface area contributed by atoms with E-state index in [0.717, 1.165) is 0 Å². The second-order valence-electron chi connectivity index (χ2n) is 7.69. The lowest BCUT2D eigenvalue weighted by Crippen LogP contribution is -2.59. The van der Waals surface area contributed by atoms with E-state index in [0.29, 0.717) is 38.0 Å². The van der Waals surface area contributed by atoms with Crippen LogP contribution in [0.5, 0.6) is 11.5 Å². The summed E-state index contributed by atoms with van der Waals surface area (Å²) in [7, 11) is 0. The van der Waals surface area contributed by atoms with Crippen LogP contribution in [0.15, 0.2) is 12.1 Å². The fraction of sp³-hybridized carbons (Fsp3) is 0.588. The summed E-state index contributed by atoms with van der Waals surface area (Å²) >= 11 is 0. The van der Waals surface area contributed by atoms with Gasteiger partial charge in [-0.05, 0) is 24.5 Å².